The number of aromatic nitrogens is 4. The molecule has 3 heterocycles. The highest BCUT2D eigenvalue weighted by Gasteiger charge is 2.20. The smallest absolute Gasteiger partial charge is 0.262 e. The standard InChI is InChI=1S/C20H27N5OS/c1-3-12-24-18(26)16-9-4-5-10-17(16)25-19(24)21-22-20(25)27-14-11-15-8-6-7-13-23(15)2/h4-5,9-10,15H,3,6-8,11-14H2,1-2H3. The predicted octanol–water partition coefficient (Wildman–Crippen LogP) is 3.42. The van der Waals surface area contributed by atoms with Crippen molar-refractivity contribution in [3.63, 3.8) is 0 Å². The molecule has 27 heavy (non-hydrogen) atoms. The van der Waals surface area contributed by atoms with Crippen LogP contribution in [0.4, 0.5) is 0 Å². The van der Waals surface area contributed by atoms with Crippen LogP contribution in [0.25, 0.3) is 16.7 Å². The molecule has 1 aliphatic rings. The number of thioether (sulfide) groups is 1. The van der Waals surface area contributed by atoms with Gasteiger partial charge in [0, 0.05) is 18.3 Å². The molecule has 7 heteroatoms. The summed E-state index contributed by atoms with van der Waals surface area (Å²) in [6.07, 6.45) is 5.98. The van der Waals surface area contributed by atoms with Gasteiger partial charge in [-0.3, -0.25) is 13.8 Å². The van der Waals surface area contributed by atoms with Gasteiger partial charge in [-0.2, -0.15) is 0 Å². The summed E-state index contributed by atoms with van der Waals surface area (Å²) in [7, 11) is 2.23. The van der Waals surface area contributed by atoms with Gasteiger partial charge in [-0.05, 0) is 51.4 Å². The minimum Gasteiger partial charge on any atom is -0.303 e. The van der Waals surface area contributed by atoms with Gasteiger partial charge in [0.2, 0.25) is 5.78 Å². The second-order valence-electron chi connectivity index (χ2n) is 7.36. The van der Waals surface area contributed by atoms with Crippen LogP contribution in [0.3, 0.4) is 0 Å². The van der Waals surface area contributed by atoms with Crippen molar-refractivity contribution in [1.29, 1.82) is 0 Å². The van der Waals surface area contributed by atoms with Gasteiger partial charge >= 0.3 is 0 Å². The molecule has 144 valence electrons. The third-order valence-corrected chi connectivity index (χ3v) is 6.49. The summed E-state index contributed by atoms with van der Waals surface area (Å²) in [4.78, 5) is 15.4. The SMILES string of the molecule is CCCn1c(=O)c2ccccc2n2c(SCCC3CCCCN3C)nnc12. The zero-order chi connectivity index (χ0) is 18.8. The van der Waals surface area contributed by atoms with E-state index < -0.39 is 0 Å². The van der Waals surface area contributed by atoms with Crippen LogP contribution in [0.5, 0.6) is 0 Å². The number of likely N-dealkylation sites (tertiary alicyclic amines) is 1. The van der Waals surface area contributed by atoms with E-state index in [1.165, 1.54) is 25.8 Å². The molecule has 1 aromatic carbocycles. The maximum absolute atomic E-state index is 12.9. The molecule has 1 aliphatic heterocycles. The molecule has 4 rings (SSSR count). The minimum absolute atomic E-state index is 0.0210. The lowest BCUT2D eigenvalue weighted by Gasteiger charge is -2.32. The van der Waals surface area contributed by atoms with Crippen LogP contribution in [-0.2, 0) is 6.54 Å². The summed E-state index contributed by atoms with van der Waals surface area (Å²) in [5.41, 5.74) is 0.917. The number of rotatable bonds is 6. The molecule has 3 aromatic rings. The number of piperidine rings is 1. The molecule has 0 amide bonds. The minimum atomic E-state index is 0.0210. The summed E-state index contributed by atoms with van der Waals surface area (Å²) < 4.78 is 3.82. The van der Waals surface area contributed by atoms with Crippen LogP contribution in [0.15, 0.2) is 34.2 Å². The Morgan fingerprint density at radius 1 is 1.22 bits per heavy atom. The first-order valence-corrected chi connectivity index (χ1v) is 10.9. The summed E-state index contributed by atoms with van der Waals surface area (Å²) in [6.45, 7) is 3.94. The van der Waals surface area contributed by atoms with Gasteiger partial charge in [0.15, 0.2) is 5.16 Å². The topological polar surface area (TPSA) is 55.4 Å². The van der Waals surface area contributed by atoms with Crippen molar-refractivity contribution < 1.29 is 0 Å². The quantitative estimate of drug-likeness (QED) is 0.609. The van der Waals surface area contributed by atoms with E-state index in [0.717, 1.165) is 34.7 Å². The van der Waals surface area contributed by atoms with E-state index in [-0.39, 0.29) is 5.56 Å². The first kappa shape index (κ1) is 18.5. The second kappa shape index (κ2) is 8.02. The van der Waals surface area contributed by atoms with Crippen molar-refractivity contribution >= 4 is 28.4 Å². The third-order valence-electron chi connectivity index (χ3n) is 5.53. The molecule has 1 fully saturated rings. The second-order valence-corrected chi connectivity index (χ2v) is 8.42. The Bertz CT molecular complexity index is 995. The fraction of sp³-hybridized carbons (Fsp3) is 0.550. The fourth-order valence-corrected chi connectivity index (χ4v) is 5.03. The van der Waals surface area contributed by atoms with Crippen LogP contribution in [0.2, 0.25) is 0 Å². The van der Waals surface area contributed by atoms with Crippen LogP contribution >= 0.6 is 11.8 Å². The largest absolute Gasteiger partial charge is 0.303 e. The van der Waals surface area contributed by atoms with Gasteiger partial charge in [-0.25, -0.2) is 0 Å². The van der Waals surface area contributed by atoms with Gasteiger partial charge in [0.25, 0.3) is 5.56 Å². The average Bonchev–Trinajstić information content (AvgIpc) is 3.10. The Balaban J connectivity index is 1.66. The van der Waals surface area contributed by atoms with Gasteiger partial charge in [-0.15, -0.1) is 10.2 Å². The van der Waals surface area contributed by atoms with Crippen LogP contribution < -0.4 is 5.56 Å². The van der Waals surface area contributed by atoms with E-state index >= 15 is 0 Å². The Morgan fingerprint density at radius 3 is 2.89 bits per heavy atom. The van der Waals surface area contributed by atoms with Crippen molar-refractivity contribution in [2.24, 2.45) is 0 Å². The molecule has 6 nitrogen and oxygen atoms in total. The third kappa shape index (κ3) is 3.50. The Morgan fingerprint density at radius 2 is 2.07 bits per heavy atom. The Labute approximate surface area is 163 Å². The predicted molar refractivity (Wildman–Crippen MR) is 111 cm³/mol. The fourth-order valence-electron chi connectivity index (χ4n) is 4.05. The molecule has 0 bridgehead atoms. The lowest BCUT2D eigenvalue weighted by Crippen LogP contribution is -2.36. The van der Waals surface area contributed by atoms with Crippen LogP contribution in [-0.4, -0.2) is 49.5 Å². The van der Waals surface area contributed by atoms with Gasteiger partial charge in [0.1, 0.15) is 0 Å². The molecule has 1 unspecified atom stereocenters. The number of para-hydroxylation sites is 1. The first-order valence-electron chi connectivity index (χ1n) is 9.90. The molecule has 0 spiro atoms. The normalized spacial score (nSPS) is 18.5. The highest BCUT2D eigenvalue weighted by atomic mass is 32.2. The Kier molecular flexibility index (Phi) is 5.50. The molecule has 2 aromatic heterocycles. The van der Waals surface area contributed by atoms with Crippen molar-refractivity contribution in [3.8, 4) is 0 Å². The lowest BCUT2D eigenvalue weighted by molar-refractivity contribution is 0.182. The maximum atomic E-state index is 12.9. The summed E-state index contributed by atoms with van der Waals surface area (Å²) in [5, 5.41) is 10.4. The summed E-state index contributed by atoms with van der Waals surface area (Å²) >= 11 is 1.75. The van der Waals surface area contributed by atoms with E-state index in [4.69, 9.17) is 0 Å². The number of nitrogens with zero attached hydrogens (tertiary/aromatic N) is 5. The van der Waals surface area contributed by atoms with Crippen LogP contribution in [0, 0.1) is 0 Å². The highest BCUT2D eigenvalue weighted by Crippen LogP contribution is 2.25. The first-order chi connectivity index (χ1) is 13.2. The van der Waals surface area contributed by atoms with E-state index in [9.17, 15) is 4.79 Å². The maximum Gasteiger partial charge on any atom is 0.262 e. The van der Waals surface area contributed by atoms with Crippen molar-refractivity contribution in [3.05, 3.63) is 34.6 Å². The van der Waals surface area contributed by atoms with Crippen LogP contribution in [0.1, 0.15) is 39.0 Å². The van der Waals surface area contributed by atoms with Crippen molar-refractivity contribution in [2.45, 2.75) is 56.8 Å². The van der Waals surface area contributed by atoms with E-state index in [0.29, 0.717) is 18.4 Å². The molecule has 0 radical (unpaired) electrons. The number of aryl methyl sites for hydroxylation is 1. The Hall–Kier alpha value is -1.86. The highest BCUT2D eigenvalue weighted by molar-refractivity contribution is 7.99. The van der Waals surface area contributed by atoms with Gasteiger partial charge in [-0.1, -0.05) is 37.2 Å². The van der Waals surface area contributed by atoms with Gasteiger partial charge in [0.05, 0.1) is 10.9 Å². The molecule has 0 saturated carbocycles. The molecular formula is C20H27N5OS. The number of benzene rings is 1. The molecular weight excluding hydrogens is 358 g/mol. The van der Waals surface area contributed by atoms with E-state index in [1.54, 1.807) is 16.3 Å². The number of fused-ring (bicyclic) bond motifs is 3. The summed E-state index contributed by atoms with van der Waals surface area (Å²) in [6, 6.07) is 8.44. The lowest BCUT2D eigenvalue weighted by atomic mass is 10.0. The van der Waals surface area contributed by atoms with Crippen molar-refractivity contribution in [1.82, 2.24) is 24.1 Å². The van der Waals surface area contributed by atoms with E-state index in [1.807, 2.05) is 24.3 Å². The average molecular weight is 386 g/mol. The number of hydrogen-bond donors (Lipinski definition) is 0. The zero-order valence-electron chi connectivity index (χ0n) is 16.1. The van der Waals surface area contributed by atoms with Crippen molar-refractivity contribution in [2.75, 3.05) is 19.3 Å². The zero-order valence-corrected chi connectivity index (χ0v) is 16.9. The molecule has 1 atom stereocenters. The molecule has 0 N–H and O–H groups in total. The number of hydrogen-bond acceptors (Lipinski definition) is 5. The monoisotopic (exact) mass is 385 g/mol. The molecule has 0 aliphatic carbocycles. The summed E-state index contributed by atoms with van der Waals surface area (Å²) in [5.74, 6) is 1.66. The molecule has 1 saturated heterocycles. The van der Waals surface area contributed by atoms with E-state index in [2.05, 4.69) is 33.5 Å². The van der Waals surface area contributed by atoms with Gasteiger partial charge < -0.3 is 4.90 Å².